The molecule has 152 valence electrons. The summed E-state index contributed by atoms with van der Waals surface area (Å²) in [6.07, 6.45) is -0.291. The van der Waals surface area contributed by atoms with Crippen LogP contribution in [0.15, 0.2) is 48.5 Å². The van der Waals surface area contributed by atoms with E-state index in [0.29, 0.717) is 31.3 Å². The highest BCUT2D eigenvalue weighted by molar-refractivity contribution is 5.44. The number of hydrogen-bond donors (Lipinski definition) is 1. The van der Waals surface area contributed by atoms with E-state index in [4.69, 9.17) is 18.9 Å². The molecule has 0 unspecified atom stereocenters. The molecule has 0 radical (unpaired) electrons. The molecule has 1 heterocycles. The van der Waals surface area contributed by atoms with E-state index in [1.807, 2.05) is 36.4 Å². The maximum atomic E-state index is 9.85. The van der Waals surface area contributed by atoms with Gasteiger partial charge in [0.05, 0.1) is 46.7 Å². The standard InChI is InChI=1S/C22H29NO5/c1-25-19-9-8-18(14-20(19)26-2)22-21(15-24)28-13-11-23(22)10-12-27-16-17-6-4-3-5-7-17/h3-9,14,21-22,24H,10-13,15-16H2,1-2H3/t21-,22-/m1/s1. The first-order valence-corrected chi connectivity index (χ1v) is 9.57. The zero-order valence-electron chi connectivity index (χ0n) is 16.5. The number of benzene rings is 2. The Morgan fingerprint density at radius 3 is 2.57 bits per heavy atom. The molecule has 28 heavy (non-hydrogen) atoms. The second kappa shape index (κ2) is 10.4. The van der Waals surface area contributed by atoms with E-state index in [0.717, 1.165) is 24.2 Å². The molecule has 2 aromatic carbocycles. The summed E-state index contributed by atoms with van der Waals surface area (Å²) in [6, 6.07) is 15.9. The highest BCUT2D eigenvalue weighted by Crippen LogP contribution is 2.35. The first kappa shape index (κ1) is 20.6. The minimum Gasteiger partial charge on any atom is -0.493 e. The van der Waals surface area contributed by atoms with Crippen molar-refractivity contribution in [3.8, 4) is 11.5 Å². The molecule has 1 fully saturated rings. The van der Waals surface area contributed by atoms with Crippen LogP contribution in [0.1, 0.15) is 17.2 Å². The molecule has 2 atom stereocenters. The van der Waals surface area contributed by atoms with Crippen molar-refractivity contribution >= 4 is 0 Å². The Hall–Kier alpha value is -2.12. The molecule has 6 heteroatoms. The molecular formula is C22H29NO5. The fourth-order valence-corrected chi connectivity index (χ4v) is 3.60. The van der Waals surface area contributed by atoms with Gasteiger partial charge in [-0.05, 0) is 23.3 Å². The Labute approximate surface area is 166 Å². The van der Waals surface area contributed by atoms with E-state index in [-0.39, 0.29) is 18.8 Å². The number of aliphatic hydroxyl groups excluding tert-OH is 1. The zero-order chi connectivity index (χ0) is 19.8. The lowest BCUT2D eigenvalue weighted by Crippen LogP contribution is -2.47. The fourth-order valence-electron chi connectivity index (χ4n) is 3.60. The van der Waals surface area contributed by atoms with Gasteiger partial charge in [-0.2, -0.15) is 0 Å². The molecule has 6 nitrogen and oxygen atoms in total. The molecule has 0 aromatic heterocycles. The van der Waals surface area contributed by atoms with Crippen LogP contribution in [-0.4, -0.2) is 63.2 Å². The van der Waals surface area contributed by atoms with Crippen molar-refractivity contribution in [2.45, 2.75) is 18.8 Å². The van der Waals surface area contributed by atoms with Crippen LogP contribution in [0.25, 0.3) is 0 Å². The van der Waals surface area contributed by atoms with Crippen molar-refractivity contribution < 1.29 is 24.1 Å². The normalized spacial score (nSPS) is 20.1. The molecule has 2 aromatic rings. The number of methoxy groups -OCH3 is 2. The van der Waals surface area contributed by atoms with E-state index < -0.39 is 0 Å². The fraction of sp³-hybridized carbons (Fsp3) is 0.455. The molecule has 1 aliphatic heterocycles. The van der Waals surface area contributed by atoms with Gasteiger partial charge in [0.15, 0.2) is 11.5 Å². The molecule has 1 aliphatic rings. The predicted octanol–water partition coefficient (Wildman–Crippen LogP) is 2.65. The summed E-state index contributed by atoms with van der Waals surface area (Å²) in [4.78, 5) is 2.30. The number of ether oxygens (including phenoxy) is 4. The van der Waals surface area contributed by atoms with E-state index in [2.05, 4.69) is 17.0 Å². The highest BCUT2D eigenvalue weighted by atomic mass is 16.5. The van der Waals surface area contributed by atoms with Gasteiger partial charge in [-0.25, -0.2) is 0 Å². The van der Waals surface area contributed by atoms with Gasteiger partial charge in [0, 0.05) is 13.1 Å². The van der Waals surface area contributed by atoms with Crippen LogP contribution in [0.3, 0.4) is 0 Å². The molecular weight excluding hydrogens is 358 g/mol. The smallest absolute Gasteiger partial charge is 0.161 e. The van der Waals surface area contributed by atoms with Crippen LogP contribution < -0.4 is 9.47 Å². The highest BCUT2D eigenvalue weighted by Gasteiger charge is 2.33. The Morgan fingerprint density at radius 2 is 1.86 bits per heavy atom. The van der Waals surface area contributed by atoms with Crippen molar-refractivity contribution in [2.24, 2.45) is 0 Å². The van der Waals surface area contributed by atoms with Gasteiger partial charge in [-0.3, -0.25) is 4.90 Å². The Balaban J connectivity index is 1.68. The van der Waals surface area contributed by atoms with E-state index in [1.54, 1.807) is 14.2 Å². The van der Waals surface area contributed by atoms with Crippen molar-refractivity contribution in [3.63, 3.8) is 0 Å². The molecule has 0 bridgehead atoms. The van der Waals surface area contributed by atoms with Crippen LogP contribution in [0.5, 0.6) is 11.5 Å². The molecule has 0 aliphatic carbocycles. The largest absolute Gasteiger partial charge is 0.493 e. The Morgan fingerprint density at radius 1 is 1.07 bits per heavy atom. The molecule has 0 amide bonds. The summed E-state index contributed by atoms with van der Waals surface area (Å²) >= 11 is 0. The molecule has 0 spiro atoms. The number of nitrogens with zero attached hydrogens (tertiary/aromatic N) is 1. The predicted molar refractivity (Wildman–Crippen MR) is 107 cm³/mol. The minimum atomic E-state index is -0.291. The molecule has 1 N–H and O–H groups in total. The number of rotatable bonds is 9. The third kappa shape index (κ3) is 5.02. The molecule has 3 rings (SSSR count). The summed E-state index contributed by atoms with van der Waals surface area (Å²) in [7, 11) is 3.24. The second-order valence-electron chi connectivity index (χ2n) is 6.73. The van der Waals surface area contributed by atoms with Crippen LogP contribution in [0.4, 0.5) is 0 Å². The third-order valence-electron chi connectivity index (χ3n) is 5.02. The summed E-state index contributed by atoms with van der Waals surface area (Å²) in [5.74, 6) is 1.35. The zero-order valence-corrected chi connectivity index (χ0v) is 16.5. The van der Waals surface area contributed by atoms with Crippen molar-refractivity contribution in [2.75, 3.05) is 47.1 Å². The number of hydrogen-bond acceptors (Lipinski definition) is 6. The number of aliphatic hydroxyl groups is 1. The van der Waals surface area contributed by atoms with Crippen LogP contribution in [0, 0.1) is 0 Å². The van der Waals surface area contributed by atoms with Crippen molar-refractivity contribution in [1.82, 2.24) is 4.90 Å². The van der Waals surface area contributed by atoms with Gasteiger partial charge in [-0.15, -0.1) is 0 Å². The first-order valence-electron chi connectivity index (χ1n) is 9.57. The lowest BCUT2D eigenvalue weighted by atomic mass is 9.97. The van der Waals surface area contributed by atoms with Gasteiger partial charge in [0.25, 0.3) is 0 Å². The minimum absolute atomic E-state index is 0.0413. The SMILES string of the molecule is COc1ccc([C@@H]2[C@@H](CO)OCCN2CCOCc2ccccc2)cc1OC. The van der Waals surface area contributed by atoms with E-state index in [9.17, 15) is 5.11 Å². The van der Waals surface area contributed by atoms with Gasteiger partial charge >= 0.3 is 0 Å². The summed E-state index contributed by atoms with van der Waals surface area (Å²) in [5.41, 5.74) is 2.19. The van der Waals surface area contributed by atoms with Crippen molar-refractivity contribution in [1.29, 1.82) is 0 Å². The number of morpholine rings is 1. The lowest BCUT2D eigenvalue weighted by Gasteiger charge is -2.41. The average Bonchev–Trinajstić information content (AvgIpc) is 2.76. The first-order chi connectivity index (χ1) is 13.8. The van der Waals surface area contributed by atoms with Gasteiger partial charge in [0.1, 0.15) is 6.10 Å². The van der Waals surface area contributed by atoms with Crippen LogP contribution in [-0.2, 0) is 16.1 Å². The molecule has 0 saturated carbocycles. The molecule has 1 saturated heterocycles. The van der Waals surface area contributed by atoms with Crippen LogP contribution >= 0.6 is 0 Å². The maximum Gasteiger partial charge on any atom is 0.161 e. The Kier molecular flexibility index (Phi) is 7.68. The van der Waals surface area contributed by atoms with Gasteiger partial charge in [-0.1, -0.05) is 36.4 Å². The van der Waals surface area contributed by atoms with E-state index >= 15 is 0 Å². The van der Waals surface area contributed by atoms with Crippen LogP contribution in [0.2, 0.25) is 0 Å². The second-order valence-corrected chi connectivity index (χ2v) is 6.73. The topological polar surface area (TPSA) is 60.4 Å². The monoisotopic (exact) mass is 387 g/mol. The van der Waals surface area contributed by atoms with E-state index in [1.165, 1.54) is 0 Å². The average molecular weight is 387 g/mol. The van der Waals surface area contributed by atoms with Crippen molar-refractivity contribution in [3.05, 3.63) is 59.7 Å². The summed E-state index contributed by atoms with van der Waals surface area (Å²) in [6.45, 7) is 3.29. The van der Waals surface area contributed by atoms with Gasteiger partial charge < -0.3 is 24.1 Å². The lowest BCUT2D eigenvalue weighted by molar-refractivity contribution is -0.0984. The maximum absolute atomic E-state index is 9.85. The Bertz CT molecular complexity index is 724. The summed E-state index contributed by atoms with van der Waals surface area (Å²) in [5, 5.41) is 9.85. The van der Waals surface area contributed by atoms with Gasteiger partial charge in [0.2, 0.25) is 0 Å². The summed E-state index contributed by atoms with van der Waals surface area (Å²) < 4.78 is 22.5. The third-order valence-corrected chi connectivity index (χ3v) is 5.02. The quantitative estimate of drug-likeness (QED) is 0.668.